The maximum Gasteiger partial charge on any atom is 0.183 e. The molecule has 1 N–H and O–H groups in total. The molecule has 0 aromatic carbocycles. The fraction of sp³-hybridized carbons (Fsp3) is 0.625. The largest absolute Gasteiger partial charge is 0.359 e. The van der Waals surface area contributed by atoms with Crippen LogP contribution in [0.25, 0.3) is 0 Å². The molecule has 0 radical (unpaired) electrons. The van der Waals surface area contributed by atoms with E-state index in [1.165, 1.54) is 17.7 Å². The zero-order valence-corrected chi connectivity index (χ0v) is 7.45. The molecule has 0 atom stereocenters. The van der Waals surface area contributed by atoms with Crippen LogP contribution in [0.4, 0.5) is 5.13 Å². The summed E-state index contributed by atoms with van der Waals surface area (Å²) in [5, 5.41) is 4.48. The van der Waals surface area contributed by atoms with E-state index >= 15 is 0 Å². The number of hydrogen-bond acceptors (Lipinski definition) is 3. The van der Waals surface area contributed by atoms with E-state index in [9.17, 15) is 0 Å². The lowest BCUT2D eigenvalue weighted by atomic mass is 10.4. The van der Waals surface area contributed by atoms with E-state index in [0.29, 0.717) is 0 Å². The smallest absolute Gasteiger partial charge is 0.183 e. The van der Waals surface area contributed by atoms with Crippen LogP contribution in [0.5, 0.6) is 0 Å². The topological polar surface area (TPSA) is 24.9 Å². The molecule has 0 bridgehead atoms. The minimum atomic E-state index is 0.728. The molecule has 0 spiro atoms. The van der Waals surface area contributed by atoms with Crippen molar-refractivity contribution in [1.29, 1.82) is 0 Å². The third kappa shape index (κ3) is 1.71. The van der Waals surface area contributed by atoms with Gasteiger partial charge in [0.25, 0.3) is 0 Å². The van der Waals surface area contributed by atoms with E-state index in [1.54, 1.807) is 11.3 Å². The van der Waals surface area contributed by atoms with Crippen LogP contribution in [-0.2, 0) is 6.42 Å². The average Bonchev–Trinajstić information content (AvgIpc) is 2.68. The molecule has 1 aromatic rings. The molecule has 1 saturated carbocycles. The Morgan fingerprint density at radius 2 is 2.55 bits per heavy atom. The minimum absolute atomic E-state index is 0.728. The Hall–Kier alpha value is -0.570. The minimum Gasteiger partial charge on any atom is -0.359 e. The molecule has 2 rings (SSSR count). The molecule has 0 amide bonds. The summed E-state index contributed by atoms with van der Waals surface area (Å²) in [5.74, 6) is 0. The number of aryl methyl sites for hydroxylation is 1. The van der Waals surface area contributed by atoms with Gasteiger partial charge in [0, 0.05) is 17.1 Å². The van der Waals surface area contributed by atoms with E-state index in [4.69, 9.17) is 0 Å². The lowest BCUT2D eigenvalue weighted by molar-refractivity contribution is 1.13. The summed E-state index contributed by atoms with van der Waals surface area (Å²) in [6, 6.07) is 0.728. The van der Waals surface area contributed by atoms with Crippen molar-refractivity contribution in [1.82, 2.24) is 4.98 Å². The molecule has 60 valence electrons. The Balaban J connectivity index is 1.99. The van der Waals surface area contributed by atoms with Gasteiger partial charge in [-0.25, -0.2) is 4.98 Å². The van der Waals surface area contributed by atoms with E-state index in [2.05, 4.69) is 17.2 Å². The van der Waals surface area contributed by atoms with Gasteiger partial charge in [0.1, 0.15) is 0 Å². The normalized spacial score (nSPS) is 16.8. The summed E-state index contributed by atoms with van der Waals surface area (Å²) in [7, 11) is 0. The Morgan fingerprint density at radius 1 is 1.73 bits per heavy atom. The van der Waals surface area contributed by atoms with E-state index < -0.39 is 0 Å². The second-order valence-electron chi connectivity index (χ2n) is 2.90. The number of anilines is 1. The van der Waals surface area contributed by atoms with Crippen molar-refractivity contribution in [2.24, 2.45) is 0 Å². The molecule has 0 unspecified atom stereocenters. The predicted molar refractivity (Wildman–Crippen MR) is 48.1 cm³/mol. The number of nitrogens with zero attached hydrogens (tertiary/aromatic N) is 1. The van der Waals surface area contributed by atoms with Gasteiger partial charge in [-0.3, -0.25) is 0 Å². The average molecular weight is 168 g/mol. The molecule has 1 aliphatic rings. The summed E-state index contributed by atoms with van der Waals surface area (Å²) in [5.41, 5.74) is 0. The highest BCUT2D eigenvalue weighted by Gasteiger charge is 2.21. The molecule has 11 heavy (non-hydrogen) atoms. The molecule has 1 heterocycles. The van der Waals surface area contributed by atoms with Gasteiger partial charge >= 0.3 is 0 Å². The van der Waals surface area contributed by atoms with Crippen LogP contribution in [0.3, 0.4) is 0 Å². The Kier molecular flexibility index (Phi) is 1.82. The zero-order chi connectivity index (χ0) is 7.68. The summed E-state index contributed by atoms with van der Waals surface area (Å²) in [6.45, 7) is 2.16. The number of aromatic nitrogens is 1. The van der Waals surface area contributed by atoms with Gasteiger partial charge in [0.15, 0.2) is 5.13 Å². The van der Waals surface area contributed by atoms with Gasteiger partial charge in [-0.05, 0) is 19.3 Å². The summed E-state index contributed by atoms with van der Waals surface area (Å²) >= 11 is 1.78. The van der Waals surface area contributed by atoms with Crippen LogP contribution in [0.2, 0.25) is 0 Å². The lowest BCUT2D eigenvalue weighted by Crippen LogP contribution is -1.98. The third-order valence-corrected chi connectivity index (χ3v) is 2.88. The van der Waals surface area contributed by atoms with Gasteiger partial charge in [-0.2, -0.15) is 0 Å². The highest BCUT2D eigenvalue weighted by Crippen LogP contribution is 2.27. The van der Waals surface area contributed by atoms with Gasteiger partial charge in [0.05, 0.1) is 0 Å². The number of thiazole rings is 1. The van der Waals surface area contributed by atoms with Crippen molar-refractivity contribution in [2.75, 3.05) is 5.32 Å². The van der Waals surface area contributed by atoms with Crippen molar-refractivity contribution >= 4 is 16.5 Å². The highest BCUT2D eigenvalue weighted by molar-refractivity contribution is 7.15. The molecular weight excluding hydrogens is 156 g/mol. The maximum absolute atomic E-state index is 4.27. The third-order valence-electron chi connectivity index (χ3n) is 1.81. The lowest BCUT2D eigenvalue weighted by Gasteiger charge is -1.95. The van der Waals surface area contributed by atoms with Gasteiger partial charge in [-0.1, -0.05) is 6.92 Å². The van der Waals surface area contributed by atoms with E-state index in [0.717, 1.165) is 17.6 Å². The van der Waals surface area contributed by atoms with Crippen molar-refractivity contribution < 1.29 is 0 Å². The standard InChI is InChI=1S/C8H12N2S/c1-2-7-5-9-8(11-7)10-6-3-4-6/h5-6H,2-4H2,1H3,(H,9,10). The van der Waals surface area contributed by atoms with Crippen LogP contribution >= 0.6 is 11.3 Å². The zero-order valence-electron chi connectivity index (χ0n) is 6.63. The monoisotopic (exact) mass is 168 g/mol. The predicted octanol–water partition coefficient (Wildman–Crippen LogP) is 2.28. The summed E-state index contributed by atoms with van der Waals surface area (Å²) in [4.78, 5) is 5.64. The number of hydrogen-bond donors (Lipinski definition) is 1. The first-order chi connectivity index (χ1) is 5.38. The fourth-order valence-corrected chi connectivity index (χ4v) is 1.77. The Morgan fingerprint density at radius 3 is 3.09 bits per heavy atom. The van der Waals surface area contributed by atoms with E-state index in [1.807, 2.05) is 6.20 Å². The van der Waals surface area contributed by atoms with Crippen molar-refractivity contribution in [2.45, 2.75) is 32.2 Å². The van der Waals surface area contributed by atoms with E-state index in [-0.39, 0.29) is 0 Å². The second-order valence-corrected chi connectivity index (χ2v) is 4.02. The van der Waals surface area contributed by atoms with Crippen molar-refractivity contribution in [3.63, 3.8) is 0 Å². The van der Waals surface area contributed by atoms with Crippen LogP contribution in [0, 0.1) is 0 Å². The highest BCUT2D eigenvalue weighted by atomic mass is 32.1. The SMILES string of the molecule is CCc1cnc(NC2CC2)s1. The van der Waals surface area contributed by atoms with Crippen LogP contribution in [0.1, 0.15) is 24.6 Å². The molecule has 0 aliphatic heterocycles. The van der Waals surface area contributed by atoms with Crippen LogP contribution in [0.15, 0.2) is 6.20 Å². The molecular formula is C8H12N2S. The van der Waals surface area contributed by atoms with Crippen molar-refractivity contribution in [3.05, 3.63) is 11.1 Å². The van der Waals surface area contributed by atoms with Gasteiger partial charge in [-0.15, -0.1) is 11.3 Å². The quantitative estimate of drug-likeness (QED) is 0.749. The van der Waals surface area contributed by atoms with Gasteiger partial charge in [0.2, 0.25) is 0 Å². The molecule has 1 aromatic heterocycles. The number of nitrogens with one attached hydrogen (secondary N) is 1. The molecule has 0 saturated heterocycles. The van der Waals surface area contributed by atoms with Gasteiger partial charge < -0.3 is 5.32 Å². The first kappa shape index (κ1) is 7.10. The molecule has 1 fully saturated rings. The first-order valence-electron chi connectivity index (χ1n) is 4.09. The van der Waals surface area contributed by atoms with Crippen molar-refractivity contribution in [3.8, 4) is 0 Å². The van der Waals surface area contributed by atoms with Crippen LogP contribution < -0.4 is 5.32 Å². The van der Waals surface area contributed by atoms with Crippen LogP contribution in [-0.4, -0.2) is 11.0 Å². The summed E-state index contributed by atoms with van der Waals surface area (Å²) < 4.78 is 0. The second kappa shape index (κ2) is 2.81. The molecule has 3 heteroatoms. The Labute approximate surface area is 70.7 Å². The maximum atomic E-state index is 4.27. The Bertz CT molecular complexity index is 240. The number of rotatable bonds is 3. The molecule has 1 aliphatic carbocycles. The summed E-state index contributed by atoms with van der Waals surface area (Å²) in [6.07, 6.45) is 5.71. The fourth-order valence-electron chi connectivity index (χ4n) is 0.940. The first-order valence-corrected chi connectivity index (χ1v) is 4.91. The molecule has 2 nitrogen and oxygen atoms in total.